The van der Waals surface area contributed by atoms with Crippen LogP contribution in [0.4, 0.5) is 5.69 Å². The Morgan fingerprint density at radius 1 is 1.15 bits per heavy atom. The molecule has 2 aromatic carbocycles. The number of halogens is 2. The summed E-state index contributed by atoms with van der Waals surface area (Å²) >= 11 is 11.8. The summed E-state index contributed by atoms with van der Waals surface area (Å²) in [4.78, 5) is 36.2. The van der Waals surface area contributed by atoms with Crippen molar-refractivity contribution >= 4 is 51.7 Å². The second kappa shape index (κ2) is 7.82. The molecule has 8 heteroatoms. The topological polar surface area (TPSA) is 85.6 Å². The van der Waals surface area contributed by atoms with Gasteiger partial charge in [-0.25, -0.2) is 4.79 Å². The van der Waals surface area contributed by atoms with Crippen LogP contribution in [-0.2, 0) is 9.53 Å². The van der Waals surface area contributed by atoms with E-state index in [0.29, 0.717) is 5.39 Å². The summed E-state index contributed by atoms with van der Waals surface area (Å²) in [5.41, 5.74) is 1.07. The third-order valence-electron chi connectivity index (χ3n) is 3.64. The summed E-state index contributed by atoms with van der Waals surface area (Å²) in [5.74, 6) is -1.84. The Bertz CT molecular complexity index is 1110. The van der Waals surface area contributed by atoms with Crippen LogP contribution in [0.25, 0.3) is 11.0 Å². The summed E-state index contributed by atoms with van der Waals surface area (Å²) < 4.78 is 10.3. The van der Waals surface area contributed by atoms with Crippen molar-refractivity contribution in [2.24, 2.45) is 0 Å². The minimum Gasteiger partial charge on any atom is -0.450 e. The van der Waals surface area contributed by atoms with Gasteiger partial charge in [0.05, 0.1) is 21.1 Å². The molecule has 27 heavy (non-hydrogen) atoms. The Kier molecular flexibility index (Phi) is 5.48. The van der Waals surface area contributed by atoms with E-state index in [1.54, 1.807) is 36.4 Å². The summed E-state index contributed by atoms with van der Waals surface area (Å²) in [5, 5.41) is 3.29. The van der Waals surface area contributed by atoms with Gasteiger partial charge in [0.25, 0.3) is 5.91 Å². The first kappa shape index (κ1) is 18.9. The molecule has 0 fully saturated rings. The number of fused-ring (bicyclic) bond motifs is 1. The number of anilines is 1. The Labute approximate surface area is 163 Å². The van der Waals surface area contributed by atoms with Gasteiger partial charge in [-0.15, -0.1) is 0 Å². The average Bonchev–Trinajstić information content (AvgIpc) is 2.64. The molecule has 0 spiro atoms. The maximum atomic E-state index is 12.1. The molecule has 0 aliphatic rings. The predicted molar refractivity (Wildman–Crippen MR) is 103 cm³/mol. The van der Waals surface area contributed by atoms with Crippen LogP contribution in [0.5, 0.6) is 0 Å². The molecule has 1 N–H and O–H groups in total. The van der Waals surface area contributed by atoms with Gasteiger partial charge in [-0.05, 0) is 31.2 Å². The molecule has 3 rings (SSSR count). The van der Waals surface area contributed by atoms with Gasteiger partial charge in [0, 0.05) is 6.07 Å². The maximum Gasteiger partial charge on any atom is 0.374 e. The lowest BCUT2D eigenvalue weighted by atomic mass is 10.1. The number of rotatable bonds is 4. The fourth-order valence-corrected chi connectivity index (χ4v) is 2.71. The number of carbonyl (C=O) groups excluding carboxylic acids is 2. The molecule has 0 radical (unpaired) electrons. The van der Waals surface area contributed by atoms with E-state index in [9.17, 15) is 14.4 Å². The predicted octanol–water partition coefficient (Wildman–Crippen LogP) is 4.20. The van der Waals surface area contributed by atoms with Crippen LogP contribution in [0.3, 0.4) is 0 Å². The minimum atomic E-state index is -0.929. The highest BCUT2D eigenvalue weighted by Gasteiger charge is 2.16. The van der Waals surface area contributed by atoms with E-state index in [1.165, 1.54) is 0 Å². The molecule has 0 saturated carbocycles. The molecule has 0 bridgehead atoms. The first-order valence-electron chi connectivity index (χ1n) is 7.80. The van der Waals surface area contributed by atoms with E-state index >= 15 is 0 Å². The molecule has 1 aromatic heterocycles. The van der Waals surface area contributed by atoms with E-state index < -0.39 is 18.5 Å². The van der Waals surface area contributed by atoms with Crippen molar-refractivity contribution in [3.8, 4) is 0 Å². The number of nitrogens with one attached hydrogen (secondary N) is 1. The lowest BCUT2D eigenvalue weighted by Crippen LogP contribution is -2.21. The number of benzene rings is 2. The standard InChI is InChI=1S/C19H13Cl2NO5/c1-10-5-6-15-11(7-10)14(23)8-16(27-15)19(25)26-9-17(24)22-13-4-2-3-12(20)18(13)21/h2-8H,9H2,1H3,(H,22,24). The van der Waals surface area contributed by atoms with Gasteiger partial charge >= 0.3 is 5.97 Å². The normalized spacial score (nSPS) is 10.6. The van der Waals surface area contributed by atoms with Gasteiger partial charge in [0.2, 0.25) is 5.76 Å². The quantitative estimate of drug-likeness (QED) is 0.657. The molecular formula is C19H13Cl2NO5. The van der Waals surface area contributed by atoms with Crippen LogP contribution in [-0.4, -0.2) is 18.5 Å². The minimum absolute atomic E-state index is 0.176. The largest absolute Gasteiger partial charge is 0.450 e. The second-order valence-corrected chi connectivity index (χ2v) is 6.49. The van der Waals surface area contributed by atoms with Crippen LogP contribution >= 0.6 is 23.2 Å². The lowest BCUT2D eigenvalue weighted by molar-refractivity contribution is -0.119. The van der Waals surface area contributed by atoms with Crippen molar-refractivity contribution in [3.05, 3.63) is 74.1 Å². The third kappa shape index (κ3) is 4.30. The van der Waals surface area contributed by atoms with Crippen molar-refractivity contribution in [2.45, 2.75) is 6.92 Å². The molecule has 1 heterocycles. The van der Waals surface area contributed by atoms with Crippen LogP contribution in [0, 0.1) is 6.92 Å². The van der Waals surface area contributed by atoms with Crippen LogP contribution in [0.2, 0.25) is 10.0 Å². The summed E-state index contributed by atoms with van der Waals surface area (Å²) in [7, 11) is 0. The van der Waals surface area contributed by atoms with E-state index in [4.69, 9.17) is 32.4 Å². The van der Waals surface area contributed by atoms with Gasteiger partial charge in [-0.1, -0.05) is 40.9 Å². The Balaban J connectivity index is 1.69. The zero-order valence-corrected chi connectivity index (χ0v) is 15.6. The summed E-state index contributed by atoms with van der Waals surface area (Å²) in [6.45, 7) is 1.25. The smallest absolute Gasteiger partial charge is 0.374 e. The fourth-order valence-electron chi connectivity index (χ4n) is 2.36. The van der Waals surface area contributed by atoms with Gasteiger partial charge in [-0.3, -0.25) is 9.59 Å². The zero-order valence-electron chi connectivity index (χ0n) is 14.0. The number of esters is 1. The van der Waals surface area contributed by atoms with E-state index in [2.05, 4.69) is 5.32 Å². The van der Waals surface area contributed by atoms with E-state index in [0.717, 1.165) is 11.6 Å². The summed E-state index contributed by atoms with van der Waals surface area (Å²) in [6, 6.07) is 10.8. The first-order chi connectivity index (χ1) is 12.8. The molecule has 0 aliphatic heterocycles. The lowest BCUT2D eigenvalue weighted by Gasteiger charge is -2.09. The Morgan fingerprint density at radius 2 is 1.93 bits per heavy atom. The molecule has 0 unspecified atom stereocenters. The molecule has 138 valence electrons. The SMILES string of the molecule is Cc1ccc2oc(C(=O)OCC(=O)Nc3cccc(Cl)c3Cl)cc(=O)c2c1. The maximum absolute atomic E-state index is 12.1. The van der Waals surface area contributed by atoms with Crippen LogP contribution < -0.4 is 10.7 Å². The molecule has 6 nitrogen and oxygen atoms in total. The zero-order chi connectivity index (χ0) is 19.6. The van der Waals surface area contributed by atoms with Gasteiger partial charge in [-0.2, -0.15) is 0 Å². The van der Waals surface area contributed by atoms with Crippen molar-refractivity contribution in [3.63, 3.8) is 0 Å². The van der Waals surface area contributed by atoms with Gasteiger partial charge < -0.3 is 14.5 Å². The average molecular weight is 406 g/mol. The van der Waals surface area contributed by atoms with Crippen molar-refractivity contribution < 1.29 is 18.7 Å². The van der Waals surface area contributed by atoms with Gasteiger partial charge in [0.1, 0.15) is 5.58 Å². The number of aryl methyl sites for hydroxylation is 1. The fraction of sp³-hybridized carbons (Fsp3) is 0.105. The van der Waals surface area contributed by atoms with Crippen molar-refractivity contribution in [1.82, 2.24) is 0 Å². The van der Waals surface area contributed by atoms with Crippen molar-refractivity contribution in [2.75, 3.05) is 11.9 Å². The molecule has 1 amide bonds. The molecule has 3 aromatic rings. The Morgan fingerprint density at radius 3 is 2.70 bits per heavy atom. The highest BCUT2D eigenvalue weighted by Crippen LogP contribution is 2.29. The molecule has 0 aliphatic carbocycles. The highest BCUT2D eigenvalue weighted by atomic mass is 35.5. The number of ether oxygens (including phenoxy) is 1. The molecule has 0 saturated heterocycles. The van der Waals surface area contributed by atoms with Crippen LogP contribution in [0.15, 0.2) is 51.7 Å². The van der Waals surface area contributed by atoms with Crippen molar-refractivity contribution in [1.29, 1.82) is 0 Å². The number of carbonyl (C=O) groups is 2. The number of amides is 1. The van der Waals surface area contributed by atoms with Gasteiger partial charge in [0.15, 0.2) is 12.0 Å². The van der Waals surface area contributed by atoms with E-state index in [1.807, 2.05) is 6.92 Å². The molecule has 0 atom stereocenters. The second-order valence-electron chi connectivity index (χ2n) is 5.70. The van der Waals surface area contributed by atoms with E-state index in [-0.39, 0.29) is 32.5 Å². The third-order valence-corrected chi connectivity index (χ3v) is 4.46. The number of hydrogen-bond donors (Lipinski definition) is 1. The highest BCUT2D eigenvalue weighted by molar-refractivity contribution is 6.44. The number of hydrogen-bond acceptors (Lipinski definition) is 5. The first-order valence-corrected chi connectivity index (χ1v) is 8.56. The van der Waals surface area contributed by atoms with Crippen LogP contribution in [0.1, 0.15) is 16.1 Å². The molecular weight excluding hydrogens is 393 g/mol. The summed E-state index contributed by atoms with van der Waals surface area (Å²) in [6.07, 6.45) is 0. The monoisotopic (exact) mass is 405 g/mol. The Hall–Kier alpha value is -2.83.